The van der Waals surface area contributed by atoms with Gasteiger partial charge in [-0.15, -0.1) is 0 Å². The summed E-state index contributed by atoms with van der Waals surface area (Å²) in [6.45, 7) is 0.297. The van der Waals surface area contributed by atoms with Crippen LogP contribution in [0.2, 0.25) is 5.02 Å². The molecule has 2 aliphatic carbocycles. The highest BCUT2D eigenvalue weighted by Gasteiger charge is 2.35. The number of halogens is 1. The van der Waals surface area contributed by atoms with Gasteiger partial charge in [-0.25, -0.2) is 9.97 Å². The van der Waals surface area contributed by atoms with Crippen molar-refractivity contribution in [1.82, 2.24) is 14.4 Å². The summed E-state index contributed by atoms with van der Waals surface area (Å²) in [6, 6.07) is 15.7. The van der Waals surface area contributed by atoms with Gasteiger partial charge in [-0.3, -0.25) is 0 Å². The van der Waals surface area contributed by atoms with Crippen LogP contribution in [0.5, 0.6) is 5.75 Å². The average molecular weight is 512 g/mol. The zero-order valence-electron chi connectivity index (χ0n) is 20.2. The number of allylic oxidation sites excluding steroid dienone is 1. The summed E-state index contributed by atoms with van der Waals surface area (Å²) in [4.78, 5) is 9.10. The molecule has 7 nitrogen and oxygen atoms in total. The lowest BCUT2D eigenvalue weighted by Crippen LogP contribution is -2.02. The Labute approximate surface area is 220 Å². The number of pyridine rings is 2. The maximum absolute atomic E-state index is 10.6. The summed E-state index contributed by atoms with van der Waals surface area (Å²) in [6.07, 6.45) is 10.2. The summed E-state index contributed by atoms with van der Waals surface area (Å²) in [5, 5.41) is 23.3. The monoisotopic (exact) mass is 511 g/mol. The second-order valence-electron chi connectivity index (χ2n) is 9.67. The van der Waals surface area contributed by atoms with Gasteiger partial charge in [0.05, 0.1) is 11.8 Å². The number of aliphatic hydroxyl groups is 1. The highest BCUT2D eigenvalue weighted by Crippen LogP contribution is 2.48. The number of rotatable bonds is 9. The van der Waals surface area contributed by atoms with Crippen molar-refractivity contribution in [2.45, 2.75) is 50.5 Å². The molecule has 6 rings (SSSR count). The maximum Gasteiger partial charge on any atom is 0.189 e. The Morgan fingerprint density at radius 3 is 2.89 bits per heavy atom. The lowest BCUT2D eigenvalue weighted by Gasteiger charge is -2.08. The molecule has 37 heavy (non-hydrogen) atoms. The van der Waals surface area contributed by atoms with Crippen molar-refractivity contribution in [3.05, 3.63) is 99.9 Å². The van der Waals surface area contributed by atoms with Crippen molar-refractivity contribution in [3.63, 3.8) is 0 Å². The Morgan fingerprint density at radius 1 is 1.19 bits per heavy atom. The first-order valence-electron chi connectivity index (χ1n) is 12.5. The fourth-order valence-electron chi connectivity index (χ4n) is 4.72. The molecule has 2 N–H and O–H groups in total. The molecule has 2 aliphatic rings. The first-order valence-corrected chi connectivity index (χ1v) is 12.9. The number of ether oxygens (including phenoxy) is 1. The van der Waals surface area contributed by atoms with E-state index < -0.39 is 0 Å². The molecule has 186 valence electrons. The van der Waals surface area contributed by atoms with Crippen LogP contribution in [0.15, 0.2) is 72.5 Å². The van der Waals surface area contributed by atoms with Crippen molar-refractivity contribution in [3.8, 4) is 11.8 Å². The Balaban J connectivity index is 1.14. The molecule has 1 atom stereocenters. The number of hydrogen-bond donors (Lipinski definition) is 2. The van der Waals surface area contributed by atoms with Gasteiger partial charge in [0, 0.05) is 42.0 Å². The first kappa shape index (κ1) is 23.4. The zero-order chi connectivity index (χ0) is 25.4. The first-order chi connectivity index (χ1) is 18.1. The van der Waals surface area contributed by atoms with Gasteiger partial charge in [-0.1, -0.05) is 29.8 Å². The zero-order valence-corrected chi connectivity index (χ0v) is 20.9. The number of nitrogens with one attached hydrogen (secondary N) is 1. The van der Waals surface area contributed by atoms with Gasteiger partial charge < -0.3 is 19.6 Å². The van der Waals surface area contributed by atoms with Crippen molar-refractivity contribution in [2.75, 3.05) is 5.32 Å². The van der Waals surface area contributed by atoms with Crippen molar-refractivity contribution >= 4 is 23.1 Å². The highest BCUT2D eigenvalue weighted by atomic mass is 35.5. The second-order valence-corrected chi connectivity index (χ2v) is 10.1. The van der Waals surface area contributed by atoms with Crippen LogP contribution in [0.25, 0.3) is 5.65 Å². The molecule has 2 saturated carbocycles. The van der Waals surface area contributed by atoms with Gasteiger partial charge in [0.2, 0.25) is 0 Å². The Kier molecular flexibility index (Phi) is 6.19. The quantitative estimate of drug-likeness (QED) is 0.244. The van der Waals surface area contributed by atoms with Gasteiger partial charge in [0.1, 0.15) is 23.8 Å². The number of nitrogens with zero attached hydrogens (tertiary/aromatic N) is 4. The van der Waals surface area contributed by atoms with Crippen molar-refractivity contribution < 1.29 is 9.84 Å². The van der Waals surface area contributed by atoms with Gasteiger partial charge in [0.15, 0.2) is 5.88 Å². The normalized spacial score (nSPS) is 17.9. The molecule has 0 spiro atoms. The van der Waals surface area contributed by atoms with Crippen molar-refractivity contribution in [2.24, 2.45) is 0 Å². The van der Waals surface area contributed by atoms with Crippen LogP contribution in [0, 0.1) is 11.3 Å². The topological polar surface area (TPSA) is 95.5 Å². The van der Waals surface area contributed by atoms with E-state index in [2.05, 4.69) is 33.0 Å². The van der Waals surface area contributed by atoms with E-state index in [1.165, 1.54) is 18.4 Å². The van der Waals surface area contributed by atoms with Crippen LogP contribution in [0.3, 0.4) is 0 Å². The molecule has 3 heterocycles. The molecule has 3 aromatic heterocycles. The molecule has 0 bridgehead atoms. The molecule has 0 radical (unpaired) electrons. The highest BCUT2D eigenvalue weighted by molar-refractivity contribution is 6.30. The molecule has 2 fully saturated rings. The number of aromatic nitrogens is 3. The van der Waals surface area contributed by atoms with E-state index in [1.807, 2.05) is 30.5 Å². The van der Waals surface area contributed by atoms with E-state index in [0.717, 1.165) is 34.5 Å². The van der Waals surface area contributed by atoms with Crippen molar-refractivity contribution in [1.29, 1.82) is 5.26 Å². The Morgan fingerprint density at radius 2 is 2.08 bits per heavy atom. The summed E-state index contributed by atoms with van der Waals surface area (Å²) < 4.78 is 8.08. The van der Waals surface area contributed by atoms with Gasteiger partial charge in [0.25, 0.3) is 0 Å². The van der Waals surface area contributed by atoms with Crippen LogP contribution in [-0.4, -0.2) is 19.5 Å². The minimum absolute atomic E-state index is 0.117. The molecular weight excluding hydrogens is 486 g/mol. The van der Waals surface area contributed by atoms with Crippen LogP contribution in [-0.2, 0) is 13.0 Å². The number of fused-ring (bicyclic) bond motifs is 1. The minimum Gasteiger partial charge on any atom is -0.495 e. The van der Waals surface area contributed by atoms with Gasteiger partial charge >= 0.3 is 0 Å². The lowest BCUT2D eigenvalue weighted by atomic mass is 10.1. The molecule has 1 aromatic carbocycles. The summed E-state index contributed by atoms with van der Waals surface area (Å²) in [5.74, 6) is 2.03. The lowest BCUT2D eigenvalue weighted by molar-refractivity contribution is 0.302. The van der Waals surface area contributed by atoms with Crippen LogP contribution in [0.4, 0.5) is 5.82 Å². The summed E-state index contributed by atoms with van der Waals surface area (Å²) in [7, 11) is 0. The number of aryl methyl sites for hydroxylation is 1. The smallest absolute Gasteiger partial charge is 0.189 e. The van der Waals surface area contributed by atoms with E-state index in [1.54, 1.807) is 18.3 Å². The fourth-order valence-corrected chi connectivity index (χ4v) is 4.92. The third-order valence-corrected chi connectivity index (χ3v) is 7.09. The number of imidazole rings is 1. The predicted octanol–water partition coefficient (Wildman–Crippen LogP) is 6.66. The summed E-state index contributed by atoms with van der Waals surface area (Å²) in [5.41, 5.74) is 6.13. The average Bonchev–Trinajstić information content (AvgIpc) is 3.82. The Bertz CT molecular complexity index is 1550. The third kappa shape index (κ3) is 5.25. The van der Waals surface area contributed by atoms with Gasteiger partial charge in [-0.2, -0.15) is 5.26 Å². The number of benzene rings is 1. The number of nitriles is 1. The van der Waals surface area contributed by atoms with E-state index in [4.69, 9.17) is 26.6 Å². The molecule has 0 saturated heterocycles. The SMILES string of the molecule is N#CCCc1cc(C2CC2)cn2cc(COc3ccnc(N/C(O)=C4\C[C@@H]4c4cccc(Cl)c4)c3)nc12. The maximum atomic E-state index is 10.6. The number of anilines is 1. The Hall–Kier alpha value is -4.02. The van der Waals surface area contributed by atoms with E-state index in [0.29, 0.717) is 42.0 Å². The van der Waals surface area contributed by atoms with Crippen LogP contribution in [0.1, 0.15) is 59.9 Å². The second kappa shape index (κ2) is 9.79. The molecular formula is C29H26ClN5O2. The van der Waals surface area contributed by atoms with E-state index >= 15 is 0 Å². The molecule has 0 aliphatic heterocycles. The largest absolute Gasteiger partial charge is 0.495 e. The standard InChI is InChI=1S/C29H26ClN5O2/c30-22-5-1-3-19(12-22)25-14-26(25)29(36)34-27-13-24(8-10-32-27)37-17-23-16-35-15-21(18-6-7-18)11-20(4-2-9-31)28(35)33-23/h1,3,5,8,10-13,15-16,18,25,36H,2,4,6-7,14,17H2,(H,32,34)/b29-26-/t25-/m1/s1. The van der Waals surface area contributed by atoms with Crippen LogP contribution < -0.4 is 10.1 Å². The number of aliphatic hydroxyl groups excluding tert-OH is 1. The van der Waals surface area contributed by atoms with Gasteiger partial charge in [-0.05, 0) is 72.1 Å². The van der Waals surface area contributed by atoms with E-state index in [-0.39, 0.29) is 11.8 Å². The fraction of sp³-hybridized carbons (Fsp3) is 0.276. The summed E-state index contributed by atoms with van der Waals surface area (Å²) >= 11 is 6.10. The van der Waals surface area contributed by atoms with Crippen LogP contribution >= 0.6 is 11.6 Å². The number of hydrogen-bond acceptors (Lipinski definition) is 6. The molecule has 8 heteroatoms. The minimum atomic E-state index is 0.117. The predicted molar refractivity (Wildman–Crippen MR) is 142 cm³/mol. The molecule has 4 aromatic rings. The van der Waals surface area contributed by atoms with E-state index in [9.17, 15) is 5.11 Å². The molecule has 0 amide bonds. The molecule has 0 unspecified atom stereocenters. The third-order valence-electron chi connectivity index (χ3n) is 6.86.